The molecule has 0 radical (unpaired) electrons. The number of carbonyl (C=O) groups is 1. The van der Waals surface area contributed by atoms with Gasteiger partial charge in [0, 0.05) is 32.0 Å². The van der Waals surface area contributed by atoms with Gasteiger partial charge >= 0.3 is 0 Å². The standard InChI is InChI=1S/C17H21N3O4S/c1-24-16-8-4-3-7-15(16)17(21)19-10-11-20(25(2,22)23)13-14-6-5-9-18-12-14/h3-9,12H,10-11,13H2,1-2H3,(H,19,21). The van der Waals surface area contributed by atoms with Crippen LogP contribution in [0, 0.1) is 0 Å². The van der Waals surface area contributed by atoms with Gasteiger partial charge in [-0.25, -0.2) is 8.42 Å². The first-order valence-corrected chi connectivity index (χ1v) is 9.52. The van der Waals surface area contributed by atoms with Crippen LogP contribution in [0.3, 0.4) is 0 Å². The number of rotatable bonds is 8. The molecular weight excluding hydrogens is 342 g/mol. The van der Waals surface area contributed by atoms with Gasteiger partial charge in [0.05, 0.1) is 18.9 Å². The van der Waals surface area contributed by atoms with E-state index in [0.29, 0.717) is 11.3 Å². The summed E-state index contributed by atoms with van der Waals surface area (Å²) < 4.78 is 30.4. The van der Waals surface area contributed by atoms with Crippen molar-refractivity contribution in [3.8, 4) is 5.75 Å². The summed E-state index contributed by atoms with van der Waals surface area (Å²) in [6.45, 7) is 0.552. The van der Waals surface area contributed by atoms with Gasteiger partial charge in [-0.2, -0.15) is 4.31 Å². The minimum Gasteiger partial charge on any atom is -0.496 e. The van der Waals surface area contributed by atoms with Crippen molar-refractivity contribution in [3.05, 3.63) is 59.9 Å². The van der Waals surface area contributed by atoms with Gasteiger partial charge in [0.15, 0.2) is 0 Å². The van der Waals surface area contributed by atoms with E-state index in [4.69, 9.17) is 4.74 Å². The predicted molar refractivity (Wildman–Crippen MR) is 94.8 cm³/mol. The van der Waals surface area contributed by atoms with Crippen molar-refractivity contribution in [1.29, 1.82) is 0 Å². The van der Waals surface area contributed by atoms with E-state index < -0.39 is 10.0 Å². The Morgan fingerprint density at radius 2 is 2.00 bits per heavy atom. The number of pyridine rings is 1. The highest BCUT2D eigenvalue weighted by molar-refractivity contribution is 7.88. The number of sulfonamides is 1. The normalized spacial score (nSPS) is 11.3. The summed E-state index contributed by atoms with van der Waals surface area (Å²) in [5.74, 6) is 0.155. The maximum atomic E-state index is 12.2. The van der Waals surface area contributed by atoms with E-state index in [1.165, 1.54) is 11.4 Å². The van der Waals surface area contributed by atoms with Crippen molar-refractivity contribution in [2.75, 3.05) is 26.5 Å². The Hall–Kier alpha value is -2.45. The molecule has 7 nitrogen and oxygen atoms in total. The second-order valence-electron chi connectivity index (χ2n) is 5.41. The van der Waals surface area contributed by atoms with Gasteiger partial charge in [-0.15, -0.1) is 0 Å². The second-order valence-corrected chi connectivity index (χ2v) is 7.40. The van der Waals surface area contributed by atoms with Crippen LogP contribution in [0.1, 0.15) is 15.9 Å². The van der Waals surface area contributed by atoms with E-state index in [1.807, 2.05) is 0 Å². The second kappa shape index (κ2) is 8.59. The first kappa shape index (κ1) is 18.9. The fourth-order valence-electron chi connectivity index (χ4n) is 2.28. The van der Waals surface area contributed by atoms with E-state index in [9.17, 15) is 13.2 Å². The van der Waals surface area contributed by atoms with E-state index in [2.05, 4.69) is 10.3 Å². The summed E-state index contributed by atoms with van der Waals surface area (Å²) in [6.07, 6.45) is 4.39. The Kier molecular flexibility index (Phi) is 6.49. The van der Waals surface area contributed by atoms with Crippen LogP contribution in [0.25, 0.3) is 0 Å². The zero-order chi connectivity index (χ0) is 18.3. The van der Waals surface area contributed by atoms with Gasteiger partial charge in [0.2, 0.25) is 10.0 Å². The van der Waals surface area contributed by atoms with Gasteiger partial charge < -0.3 is 10.1 Å². The minimum atomic E-state index is -3.41. The van der Waals surface area contributed by atoms with Crippen LogP contribution in [0.15, 0.2) is 48.8 Å². The molecule has 1 amide bonds. The van der Waals surface area contributed by atoms with E-state index in [-0.39, 0.29) is 25.5 Å². The van der Waals surface area contributed by atoms with Crippen LogP contribution >= 0.6 is 0 Å². The molecule has 0 aliphatic rings. The van der Waals surface area contributed by atoms with Crippen LogP contribution < -0.4 is 10.1 Å². The summed E-state index contributed by atoms with van der Waals surface area (Å²) in [7, 11) is -1.92. The largest absolute Gasteiger partial charge is 0.496 e. The van der Waals surface area contributed by atoms with Gasteiger partial charge in [-0.3, -0.25) is 9.78 Å². The average molecular weight is 363 g/mol. The number of nitrogens with one attached hydrogen (secondary N) is 1. The monoisotopic (exact) mass is 363 g/mol. The number of hydrogen-bond acceptors (Lipinski definition) is 5. The summed E-state index contributed by atoms with van der Waals surface area (Å²) in [4.78, 5) is 16.2. The van der Waals surface area contributed by atoms with Crippen LogP contribution in [-0.4, -0.2) is 50.1 Å². The highest BCUT2D eigenvalue weighted by atomic mass is 32.2. The Morgan fingerprint density at radius 3 is 2.64 bits per heavy atom. The Labute approximate surface area is 147 Å². The lowest BCUT2D eigenvalue weighted by atomic mass is 10.2. The predicted octanol–water partition coefficient (Wildman–Crippen LogP) is 1.28. The molecule has 0 aliphatic heterocycles. The lowest BCUT2D eigenvalue weighted by Gasteiger charge is -2.20. The SMILES string of the molecule is COc1ccccc1C(=O)NCCN(Cc1cccnc1)S(C)(=O)=O. The molecule has 0 saturated heterocycles. The van der Waals surface area contributed by atoms with Gasteiger partial charge in [0.1, 0.15) is 5.75 Å². The third-order valence-corrected chi connectivity index (χ3v) is 4.80. The third-order valence-electron chi connectivity index (χ3n) is 3.55. The Bertz CT molecular complexity index is 810. The molecule has 1 aromatic heterocycles. The Morgan fingerprint density at radius 1 is 1.24 bits per heavy atom. The summed E-state index contributed by atoms with van der Waals surface area (Å²) in [6, 6.07) is 10.4. The number of nitrogens with zero attached hydrogens (tertiary/aromatic N) is 2. The van der Waals surface area contributed by atoms with Crippen molar-refractivity contribution in [2.24, 2.45) is 0 Å². The molecule has 0 spiro atoms. The van der Waals surface area contributed by atoms with Crippen molar-refractivity contribution in [3.63, 3.8) is 0 Å². The van der Waals surface area contributed by atoms with Crippen LogP contribution in [-0.2, 0) is 16.6 Å². The van der Waals surface area contributed by atoms with Gasteiger partial charge in [0.25, 0.3) is 5.91 Å². The maximum Gasteiger partial charge on any atom is 0.255 e. The van der Waals surface area contributed by atoms with Gasteiger partial charge in [-0.1, -0.05) is 18.2 Å². The molecule has 0 atom stereocenters. The number of hydrogen-bond donors (Lipinski definition) is 1. The number of para-hydroxylation sites is 1. The number of aromatic nitrogens is 1. The first-order valence-electron chi connectivity index (χ1n) is 7.67. The molecule has 134 valence electrons. The highest BCUT2D eigenvalue weighted by Crippen LogP contribution is 2.16. The Balaban J connectivity index is 1.98. The molecule has 0 unspecified atom stereocenters. The molecule has 2 rings (SSSR count). The lowest BCUT2D eigenvalue weighted by molar-refractivity contribution is 0.0948. The quantitative estimate of drug-likeness (QED) is 0.763. The molecule has 1 heterocycles. The number of benzene rings is 1. The lowest BCUT2D eigenvalue weighted by Crippen LogP contribution is -2.37. The fraction of sp³-hybridized carbons (Fsp3) is 0.294. The molecule has 0 saturated carbocycles. The van der Waals surface area contributed by atoms with E-state index >= 15 is 0 Å². The fourth-order valence-corrected chi connectivity index (χ4v) is 3.09. The number of ether oxygens (including phenoxy) is 1. The molecule has 1 aromatic carbocycles. The minimum absolute atomic E-state index is 0.161. The van der Waals surface area contributed by atoms with Gasteiger partial charge in [-0.05, 0) is 23.8 Å². The molecule has 0 aliphatic carbocycles. The smallest absolute Gasteiger partial charge is 0.255 e. The van der Waals surface area contributed by atoms with Crippen LogP contribution in [0.2, 0.25) is 0 Å². The highest BCUT2D eigenvalue weighted by Gasteiger charge is 2.18. The zero-order valence-corrected chi connectivity index (χ0v) is 15.0. The van der Waals surface area contributed by atoms with Crippen molar-refractivity contribution >= 4 is 15.9 Å². The van der Waals surface area contributed by atoms with E-state index in [1.54, 1.807) is 48.8 Å². The number of amides is 1. The molecule has 0 bridgehead atoms. The summed E-state index contributed by atoms with van der Waals surface area (Å²) >= 11 is 0. The first-order chi connectivity index (χ1) is 11.9. The number of carbonyl (C=O) groups excluding carboxylic acids is 1. The van der Waals surface area contributed by atoms with Crippen LogP contribution in [0.4, 0.5) is 0 Å². The number of methoxy groups -OCH3 is 1. The van der Waals surface area contributed by atoms with Crippen molar-refractivity contribution < 1.29 is 17.9 Å². The summed E-state index contributed by atoms with van der Waals surface area (Å²) in [5, 5.41) is 2.72. The molecular formula is C17H21N3O4S. The van der Waals surface area contributed by atoms with Crippen LogP contribution in [0.5, 0.6) is 5.75 Å². The third kappa shape index (κ3) is 5.54. The van der Waals surface area contributed by atoms with Crippen molar-refractivity contribution in [2.45, 2.75) is 6.54 Å². The average Bonchev–Trinajstić information content (AvgIpc) is 2.60. The maximum absolute atomic E-state index is 12.2. The zero-order valence-electron chi connectivity index (χ0n) is 14.2. The van der Waals surface area contributed by atoms with E-state index in [0.717, 1.165) is 11.8 Å². The molecule has 1 N–H and O–H groups in total. The summed E-state index contributed by atoms with van der Waals surface area (Å²) in [5.41, 5.74) is 1.19. The molecule has 8 heteroatoms. The molecule has 0 fully saturated rings. The molecule has 2 aromatic rings. The van der Waals surface area contributed by atoms with Crippen molar-refractivity contribution in [1.82, 2.24) is 14.6 Å². The topological polar surface area (TPSA) is 88.6 Å². The molecule has 25 heavy (non-hydrogen) atoms.